The minimum absolute atomic E-state index is 0. The summed E-state index contributed by atoms with van der Waals surface area (Å²) in [6.45, 7) is 2.13. The van der Waals surface area contributed by atoms with Crippen LogP contribution < -0.4 is 5.32 Å². The maximum atomic E-state index is 11.2. The molecule has 2 aliphatic rings. The topological polar surface area (TPSA) is 63.6 Å². The molecule has 1 atom stereocenters. The van der Waals surface area contributed by atoms with Gasteiger partial charge in [0.15, 0.2) is 6.10 Å². The van der Waals surface area contributed by atoms with Crippen molar-refractivity contribution in [3.05, 3.63) is 51.5 Å². The summed E-state index contributed by atoms with van der Waals surface area (Å²) in [4.78, 5) is 21.6. The van der Waals surface area contributed by atoms with Crippen LogP contribution in [0.15, 0.2) is 34.8 Å². The molecular weight excluding hydrogens is 358 g/mol. The average molecular weight is 378 g/mol. The number of nitrogens with zero attached hydrogens (tertiary/aromatic N) is 2. The first-order chi connectivity index (χ1) is 11.8. The number of oxime groups is 1. The minimum Gasteiger partial charge on any atom is -0.387 e. The van der Waals surface area contributed by atoms with Crippen LogP contribution in [-0.4, -0.2) is 30.1 Å². The molecule has 1 fully saturated rings. The number of benzene rings is 1. The molecule has 25 heavy (non-hydrogen) atoms. The molecule has 1 aromatic carbocycles. The molecule has 2 aliphatic heterocycles. The number of hydrogen-bond acceptors (Lipinski definition) is 6. The Morgan fingerprint density at radius 1 is 1.24 bits per heavy atom. The molecule has 132 valence electrons. The Bertz CT molecular complexity index is 771. The predicted octanol–water partition coefficient (Wildman–Crippen LogP) is 3.71. The van der Waals surface area contributed by atoms with Gasteiger partial charge in [-0.1, -0.05) is 29.4 Å². The lowest BCUT2D eigenvalue weighted by Gasteiger charge is -2.20. The number of carbonyl (C=O) groups excluding carboxylic acids is 1. The molecule has 0 amide bonds. The van der Waals surface area contributed by atoms with Crippen molar-refractivity contribution >= 4 is 35.7 Å². The molecule has 2 aromatic rings. The summed E-state index contributed by atoms with van der Waals surface area (Å²) < 4.78 is 0. The van der Waals surface area contributed by atoms with Gasteiger partial charge in [0.1, 0.15) is 12.0 Å². The van der Waals surface area contributed by atoms with Crippen molar-refractivity contribution in [2.75, 3.05) is 13.1 Å². The highest BCUT2D eigenvalue weighted by atomic mass is 35.5. The second kappa shape index (κ2) is 8.08. The van der Waals surface area contributed by atoms with Crippen molar-refractivity contribution in [2.24, 2.45) is 5.16 Å². The number of aromatic nitrogens is 1. The van der Waals surface area contributed by atoms with Gasteiger partial charge in [0, 0.05) is 28.8 Å². The SMILES string of the molecule is Cl.O=Cc1ccccc1C1CC(c2csc(C3CCNCC3)n2)=NO1. The number of halogens is 1. The second-order valence-corrected chi connectivity index (χ2v) is 7.07. The van der Waals surface area contributed by atoms with E-state index in [0.29, 0.717) is 17.9 Å². The van der Waals surface area contributed by atoms with E-state index in [0.717, 1.165) is 49.2 Å². The van der Waals surface area contributed by atoms with Crippen LogP contribution in [0.1, 0.15) is 57.9 Å². The summed E-state index contributed by atoms with van der Waals surface area (Å²) in [5.74, 6) is 0.555. The Balaban J connectivity index is 0.00000182. The fraction of sp³-hybridized carbons (Fsp3) is 0.389. The third kappa shape index (κ3) is 3.76. The Morgan fingerprint density at radius 2 is 2.04 bits per heavy atom. The minimum atomic E-state index is -0.203. The van der Waals surface area contributed by atoms with E-state index in [2.05, 4.69) is 15.9 Å². The highest BCUT2D eigenvalue weighted by molar-refractivity contribution is 7.10. The van der Waals surface area contributed by atoms with Gasteiger partial charge in [-0.2, -0.15) is 0 Å². The third-order valence-electron chi connectivity index (χ3n) is 4.64. The fourth-order valence-corrected chi connectivity index (χ4v) is 4.28. The first-order valence-corrected chi connectivity index (χ1v) is 9.16. The molecule has 0 radical (unpaired) electrons. The van der Waals surface area contributed by atoms with E-state index in [1.165, 1.54) is 5.01 Å². The van der Waals surface area contributed by atoms with E-state index < -0.39 is 0 Å². The summed E-state index contributed by atoms with van der Waals surface area (Å²) >= 11 is 1.72. The van der Waals surface area contributed by atoms with Gasteiger partial charge in [0.05, 0.1) is 10.7 Å². The normalized spacial score (nSPS) is 20.5. The van der Waals surface area contributed by atoms with Gasteiger partial charge in [-0.05, 0) is 25.9 Å². The standard InChI is InChI=1S/C18H19N3O2S.ClH/c22-10-13-3-1-2-4-14(13)17-9-15(21-23-17)16-11-24-18(20-16)12-5-7-19-8-6-12;/h1-4,10-12,17,19H,5-9H2;1H. The lowest BCUT2D eigenvalue weighted by atomic mass is 9.98. The van der Waals surface area contributed by atoms with Gasteiger partial charge >= 0.3 is 0 Å². The van der Waals surface area contributed by atoms with E-state index in [-0.39, 0.29) is 18.5 Å². The van der Waals surface area contributed by atoms with Gasteiger partial charge < -0.3 is 10.2 Å². The van der Waals surface area contributed by atoms with Crippen molar-refractivity contribution in [3.63, 3.8) is 0 Å². The Hall–Kier alpha value is -1.76. The van der Waals surface area contributed by atoms with E-state index in [4.69, 9.17) is 9.82 Å². The van der Waals surface area contributed by atoms with Crippen LogP contribution in [0.5, 0.6) is 0 Å². The number of aldehydes is 1. The first kappa shape index (κ1) is 18.0. The monoisotopic (exact) mass is 377 g/mol. The summed E-state index contributed by atoms with van der Waals surface area (Å²) in [5, 5.41) is 10.9. The van der Waals surface area contributed by atoms with Crippen molar-refractivity contribution in [2.45, 2.75) is 31.3 Å². The van der Waals surface area contributed by atoms with Crippen LogP contribution in [0, 0.1) is 0 Å². The van der Waals surface area contributed by atoms with Gasteiger partial charge in [0.2, 0.25) is 0 Å². The highest BCUT2D eigenvalue weighted by Crippen LogP contribution is 2.33. The molecule has 1 unspecified atom stereocenters. The number of thiazole rings is 1. The van der Waals surface area contributed by atoms with Crippen LogP contribution in [0.4, 0.5) is 0 Å². The maximum absolute atomic E-state index is 11.2. The number of carbonyl (C=O) groups is 1. The lowest BCUT2D eigenvalue weighted by molar-refractivity contribution is 0.0843. The van der Waals surface area contributed by atoms with Crippen LogP contribution in [0.25, 0.3) is 0 Å². The molecule has 5 nitrogen and oxygen atoms in total. The van der Waals surface area contributed by atoms with Crippen LogP contribution in [-0.2, 0) is 4.84 Å². The Kier molecular flexibility index (Phi) is 5.83. The van der Waals surface area contributed by atoms with Crippen LogP contribution >= 0.6 is 23.7 Å². The molecule has 3 heterocycles. The first-order valence-electron chi connectivity index (χ1n) is 8.28. The number of nitrogens with one attached hydrogen (secondary N) is 1. The largest absolute Gasteiger partial charge is 0.387 e. The number of rotatable bonds is 4. The molecule has 0 bridgehead atoms. The van der Waals surface area contributed by atoms with Gasteiger partial charge in [-0.25, -0.2) is 4.98 Å². The van der Waals surface area contributed by atoms with Crippen molar-refractivity contribution in [3.8, 4) is 0 Å². The molecule has 0 saturated carbocycles. The molecule has 4 rings (SSSR count). The highest BCUT2D eigenvalue weighted by Gasteiger charge is 2.28. The van der Waals surface area contributed by atoms with E-state index in [1.807, 2.05) is 24.3 Å². The molecule has 7 heteroatoms. The van der Waals surface area contributed by atoms with Gasteiger partial charge in [0.25, 0.3) is 0 Å². The molecular formula is C18H20ClN3O2S. The fourth-order valence-electron chi connectivity index (χ4n) is 3.28. The van der Waals surface area contributed by atoms with E-state index in [1.54, 1.807) is 11.3 Å². The smallest absolute Gasteiger partial charge is 0.159 e. The molecule has 1 N–H and O–H groups in total. The summed E-state index contributed by atoms with van der Waals surface area (Å²) in [5.41, 5.74) is 3.34. The van der Waals surface area contributed by atoms with Crippen molar-refractivity contribution in [1.29, 1.82) is 0 Å². The van der Waals surface area contributed by atoms with Crippen LogP contribution in [0.3, 0.4) is 0 Å². The number of hydrogen-bond donors (Lipinski definition) is 1. The van der Waals surface area contributed by atoms with Crippen molar-refractivity contribution < 1.29 is 9.63 Å². The number of piperidine rings is 1. The molecule has 1 saturated heterocycles. The predicted molar refractivity (Wildman–Crippen MR) is 101 cm³/mol. The zero-order valence-corrected chi connectivity index (χ0v) is 15.3. The Morgan fingerprint density at radius 3 is 2.84 bits per heavy atom. The summed E-state index contributed by atoms with van der Waals surface area (Å²) in [6, 6.07) is 7.51. The van der Waals surface area contributed by atoms with Gasteiger partial charge in [-0.15, -0.1) is 23.7 Å². The third-order valence-corrected chi connectivity index (χ3v) is 5.65. The molecule has 1 aromatic heterocycles. The zero-order chi connectivity index (χ0) is 16.4. The summed E-state index contributed by atoms with van der Waals surface area (Å²) in [7, 11) is 0. The summed E-state index contributed by atoms with van der Waals surface area (Å²) in [6.07, 6.45) is 3.61. The zero-order valence-electron chi connectivity index (χ0n) is 13.7. The van der Waals surface area contributed by atoms with Gasteiger partial charge in [-0.3, -0.25) is 4.79 Å². The quantitative estimate of drug-likeness (QED) is 0.825. The maximum Gasteiger partial charge on any atom is 0.159 e. The molecule has 0 spiro atoms. The molecule has 0 aliphatic carbocycles. The second-order valence-electron chi connectivity index (χ2n) is 6.18. The van der Waals surface area contributed by atoms with E-state index >= 15 is 0 Å². The van der Waals surface area contributed by atoms with Crippen molar-refractivity contribution in [1.82, 2.24) is 10.3 Å². The average Bonchev–Trinajstić information content (AvgIpc) is 3.32. The lowest BCUT2D eigenvalue weighted by Crippen LogP contribution is -2.26. The Labute approximate surface area is 156 Å². The van der Waals surface area contributed by atoms with E-state index in [9.17, 15) is 4.79 Å². The van der Waals surface area contributed by atoms with Crippen LogP contribution in [0.2, 0.25) is 0 Å².